The minimum atomic E-state index is 0.519. The predicted molar refractivity (Wildman–Crippen MR) is 82.8 cm³/mol. The molecule has 1 heterocycles. The first-order valence-electron chi connectivity index (χ1n) is 6.83. The lowest BCUT2D eigenvalue weighted by Crippen LogP contribution is -2.23. The van der Waals surface area contributed by atoms with Crippen LogP contribution in [0, 0.1) is 6.92 Å². The Labute approximate surface area is 119 Å². The summed E-state index contributed by atoms with van der Waals surface area (Å²) in [5, 5.41) is 3.68. The van der Waals surface area contributed by atoms with Crippen LogP contribution in [-0.4, -0.2) is 12.3 Å². The van der Waals surface area contributed by atoms with E-state index < -0.39 is 0 Å². The first-order chi connectivity index (χ1) is 9.33. The Hall–Kier alpha value is -1.25. The topological polar surface area (TPSA) is 12.0 Å². The highest BCUT2D eigenvalue weighted by atomic mass is 32.2. The molecule has 0 aromatic heterocycles. The average molecular weight is 269 g/mol. The summed E-state index contributed by atoms with van der Waals surface area (Å²) in [5.74, 6) is 1.16. The highest BCUT2D eigenvalue weighted by Gasteiger charge is 2.21. The largest absolute Gasteiger partial charge is 0.309 e. The van der Waals surface area contributed by atoms with Crippen molar-refractivity contribution < 1.29 is 0 Å². The van der Waals surface area contributed by atoms with Gasteiger partial charge in [0.2, 0.25) is 0 Å². The van der Waals surface area contributed by atoms with E-state index in [4.69, 9.17) is 0 Å². The maximum Gasteiger partial charge on any atom is 0.0426 e. The van der Waals surface area contributed by atoms with Gasteiger partial charge in [-0.05, 0) is 37.1 Å². The molecule has 0 fully saturated rings. The second kappa shape index (κ2) is 5.81. The Morgan fingerprint density at radius 2 is 2.05 bits per heavy atom. The Morgan fingerprint density at radius 1 is 1.16 bits per heavy atom. The van der Waals surface area contributed by atoms with Crippen molar-refractivity contribution >= 4 is 11.8 Å². The normalized spacial score (nSPS) is 17.4. The standard InChI is InChI=1S/C17H19NS/c1-13-5-4-6-14(11-13)9-10-18-16-12-19-17-8-3-2-7-15(16)17/h2-8,11,16,18H,9-10,12H2,1H3. The molecule has 0 radical (unpaired) electrons. The van der Waals surface area contributed by atoms with E-state index in [1.165, 1.54) is 21.6 Å². The van der Waals surface area contributed by atoms with Gasteiger partial charge in [0.15, 0.2) is 0 Å². The third kappa shape index (κ3) is 3.02. The molecule has 1 N–H and O–H groups in total. The predicted octanol–water partition coefficient (Wildman–Crippen LogP) is 3.97. The Balaban J connectivity index is 1.57. The number of thioether (sulfide) groups is 1. The summed E-state index contributed by atoms with van der Waals surface area (Å²) in [5.41, 5.74) is 4.24. The number of nitrogens with one attached hydrogen (secondary N) is 1. The average Bonchev–Trinajstić information content (AvgIpc) is 2.83. The Bertz CT molecular complexity index is 565. The van der Waals surface area contributed by atoms with Gasteiger partial charge in [0.05, 0.1) is 0 Å². The molecular weight excluding hydrogens is 250 g/mol. The van der Waals surface area contributed by atoms with Crippen molar-refractivity contribution in [2.45, 2.75) is 24.3 Å². The number of fused-ring (bicyclic) bond motifs is 1. The summed E-state index contributed by atoms with van der Waals surface area (Å²) in [7, 11) is 0. The van der Waals surface area contributed by atoms with Crippen LogP contribution in [0.25, 0.3) is 0 Å². The van der Waals surface area contributed by atoms with Crippen molar-refractivity contribution in [2.75, 3.05) is 12.3 Å². The van der Waals surface area contributed by atoms with E-state index in [0.29, 0.717) is 6.04 Å². The van der Waals surface area contributed by atoms with Crippen molar-refractivity contribution in [3.05, 3.63) is 65.2 Å². The summed E-state index contributed by atoms with van der Waals surface area (Å²) < 4.78 is 0. The summed E-state index contributed by atoms with van der Waals surface area (Å²) in [6.45, 7) is 3.20. The van der Waals surface area contributed by atoms with E-state index in [-0.39, 0.29) is 0 Å². The molecular formula is C17H19NS. The van der Waals surface area contributed by atoms with E-state index >= 15 is 0 Å². The van der Waals surface area contributed by atoms with Crippen LogP contribution < -0.4 is 5.32 Å². The molecule has 3 rings (SSSR count). The van der Waals surface area contributed by atoms with Gasteiger partial charge >= 0.3 is 0 Å². The van der Waals surface area contributed by atoms with Gasteiger partial charge in [-0.2, -0.15) is 0 Å². The molecule has 1 aliphatic rings. The summed E-state index contributed by atoms with van der Waals surface area (Å²) in [4.78, 5) is 1.44. The quantitative estimate of drug-likeness (QED) is 0.901. The SMILES string of the molecule is Cc1cccc(CCNC2CSc3ccccc32)c1. The molecule has 0 spiro atoms. The number of aryl methyl sites for hydroxylation is 1. The van der Waals surface area contributed by atoms with Crippen LogP contribution >= 0.6 is 11.8 Å². The summed E-state index contributed by atoms with van der Waals surface area (Å²) >= 11 is 1.96. The van der Waals surface area contributed by atoms with E-state index in [0.717, 1.165) is 18.7 Å². The van der Waals surface area contributed by atoms with Crippen molar-refractivity contribution in [2.24, 2.45) is 0 Å². The van der Waals surface area contributed by atoms with Crippen molar-refractivity contribution in [3.8, 4) is 0 Å². The molecule has 2 aromatic carbocycles. The lowest BCUT2D eigenvalue weighted by atomic mass is 10.1. The number of benzene rings is 2. The molecule has 1 aliphatic heterocycles. The molecule has 0 amide bonds. The van der Waals surface area contributed by atoms with E-state index in [2.05, 4.69) is 60.8 Å². The smallest absolute Gasteiger partial charge is 0.0426 e. The van der Waals surface area contributed by atoms with Crippen LogP contribution in [0.15, 0.2) is 53.4 Å². The molecule has 0 aliphatic carbocycles. The second-order valence-electron chi connectivity index (χ2n) is 5.09. The Morgan fingerprint density at radius 3 is 2.95 bits per heavy atom. The first kappa shape index (κ1) is 12.8. The van der Waals surface area contributed by atoms with Crippen molar-refractivity contribution in [1.29, 1.82) is 0 Å². The number of hydrogen-bond donors (Lipinski definition) is 1. The van der Waals surface area contributed by atoms with Gasteiger partial charge in [-0.3, -0.25) is 0 Å². The molecule has 0 bridgehead atoms. The first-order valence-corrected chi connectivity index (χ1v) is 7.82. The molecule has 2 aromatic rings. The molecule has 2 heteroatoms. The maximum atomic E-state index is 3.68. The van der Waals surface area contributed by atoms with Crippen LogP contribution in [0.2, 0.25) is 0 Å². The van der Waals surface area contributed by atoms with Gasteiger partial charge in [0, 0.05) is 16.7 Å². The molecule has 0 saturated carbocycles. The van der Waals surface area contributed by atoms with Gasteiger partial charge in [0.1, 0.15) is 0 Å². The fourth-order valence-corrected chi connectivity index (χ4v) is 3.79. The molecule has 1 unspecified atom stereocenters. The van der Waals surface area contributed by atoms with Gasteiger partial charge in [-0.15, -0.1) is 11.8 Å². The summed E-state index contributed by atoms with van der Waals surface area (Å²) in [6.07, 6.45) is 1.10. The fraction of sp³-hybridized carbons (Fsp3) is 0.294. The van der Waals surface area contributed by atoms with Gasteiger partial charge < -0.3 is 5.32 Å². The van der Waals surface area contributed by atoms with Crippen LogP contribution in [0.1, 0.15) is 22.7 Å². The molecule has 1 atom stereocenters. The van der Waals surface area contributed by atoms with Crippen molar-refractivity contribution in [3.63, 3.8) is 0 Å². The van der Waals surface area contributed by atoms with Crippen molar-refractivity contribution in [1.82, 2.24) is 5.32 Å². The lowest BCUT2D eigenvalue weighted by molar-refractivity contribution is 0.585. The zero-order valence-electron chi connectivity index (χ0n) is 11.2. The molecule has 19 heavy (non-hydrogen) atoms. The summed E-state index contributed by atoms with van der Waals surface area (Å²) in [6, 6.07) is 18.0. The Kier molecular flexibility index (Phi) is 3.90. The third-order valence-electron chi connectivity index (χ3n) is 3.59. The highest BCUT2D eigenvalue weighted by Crippen LogP contribution is 2.37. The van der Waals surface area contributed by atoms with Crippen LogP contribution in [0.4, 0.5) is 0 Å². The van der Waals surface area contributed by atoms with Gasteiger partial charge in [0.25, 0.3) is 0 Å². The second-order valence-corrected chi connectivity index (χ2v) is 6.16. The minimum absolute atomic E-state index is 0.519. The fourth-order valence-electron chi connectivity index (χ4n) is 2.59. The molecule has 0 saturated heterocycles. The zero-order chi connectivity index (χ0) is 13.1. The van der Waals surface area contributed by atoms with Crippen LogP contribution in [-0.2, 0) is 6.42 Å². The lowest BCUT2D eigenvalue weighted by Gasteiger charge is -2.13. The monoisotopic (exact) mass is 269 g/mol. The highest BCUT2D eigenvalue weighted by molar-refractivity contribution is 7.99. The maximum absolute atomic E-state index is 3.68. The van der Waals surface area contributed by atoms with E-state index in [1.807, 2.05) is 11.8 Å². The van der Waals surface area contributed by atoms with Gasteiger partial charge in [-0.25, -0.2) is 0 Å². The van der Waals surface area contributed by atoms with Gasteiger partial charge in [-0.1, -0.05) is 48.0 Å². The number of rotatable bonds is 4. The van der Waals surface area contributed by atoms with Crippen LogP contribution in [0.5, 0.6) is 0 Å². The number of hydrogen-bond acceptors (Lipinski definition) is 2. The minimum Gasteiger partial charge on any atom is -0.309 e. The van der Waals surface area contributed by atoms with E-state index in [1.54, 1.807) is 0 Å². The molecule has 1 nitrogen and oxygen atoms in total. The van der Waals surface area contributed by atoms with E-state index in [9.17, 15) is 0 Å². The van der Waals surface area contributed by atoms with Crippen LogP contribution in [0.3, 0.4) is 0 Å². The zero-order valence-corrected chi connectivity index (χ0v) is 12.0. The molecule has 98 valence electrons. The third-order valence-corrected chi connectivity index (χ3v) is 4.77.